The summed E-state index contributed by atoms with van der Waals surface area (Å²) in [5.41, 5.74) is 5.58. The van der Waals surface area contributed by atoms with Gasteiger partial charge in [-0.3, -0.25) is 4.90 Å². The standard InChI is InChI=1S/C30H37N3/c1-25-15-17-30(18-16-25,33-21-19-32(20-22-33)29-13-6-3-7-14-29)27-11-8-12-28(23-27)31-24-26-9-4-2-5-10-26/h2-14,23,25,31H,15-22,24H2,1H3. The molecule has 3 aromatic rings. The lowest BCUT2D eigenvalue weighted by atomic mass is 9.71. The highest BCUT2D eigenvalue weighted by Gasteiger charge is 2.42. The first kappa shape index (κ1) is 22.0. The van der Waals surface area contributed by atoms with E-state index in [0.29, 0.717) is 0 Å². The van der Waals surface area contributed by atoms with Gasteiger partial charge in [0.05, 0.1) is 0 Å². The molecule has 0 amide bonds. The molecular weight excluding hydrogens is 402 g/mol. The van der Waals surface area contributed by atoms with Crippen molar-refractivity contribution in [3.63, 3.8) is 0 Å². The van der Waals surface area contributed by atoms with Crippen molar-refractivity contribution >= 4 is 11.4 Å². The van der Waals surface area contributed by atoms with Crippen molar-refractivity contribution in [3.8, 4) is 0 Å². The van der Waals surface area contributed by atoms with Crippen LogP contribution in [0.15, 0.2) is 84.9 Å². The molecule has 1 saturated heterocycles. The average Bonchev–Trinajstić information content (AvgIpc) is 2.90. The number of nitrogens with one attached hydrogen (secondary N) is 1. The van der Waals surface area contributed by atoms with Crippen LogP contribution in [0.4, 0.5) is 11.4 Å². The van der Waals surface area contributed by atoms with Crippen molar-refractivity contribution in [2.75, 3.05) is 36.4 Å². The molecule has 0 atom stereocenters. The molecule has 1 aliphatic heterocycles. The Labute approximate surface area is 199 Å². The number of rotatable bonds is 6. The highest BCUT2D eigenvalue weighted by atomic mass is 15.3. The van der Waals surface area contributed by atoms with Gasteiger partial charge in [-0.15, -0.1) is 0 Å². The molecule has 2 aliphatic rings. The summed E-state index contributed by atoms with van der Waals surface area (Å²) in [4.78, 5) is 5.36. The zero-order chi connectivity index (χ0) is 22.5. The first-order valence-corrected chi connectivity index (χ1v) is 12.7. The minimum Gasteiger partial charge on any atom is -0.381 e. The zero-order valence-electron chi connectivity index (χ0n) is 19.9. The third-order valence-corrected chi connectivity index (χ3v) is 7.85. The normalized spacial score (nSPS) is 23.9. The molecule has 172 valence electrons. The molecule has 0 unspecified atom stereocenters. The van der Waals surface area contributed by atoms with Crippen LogP contribution in [-0.2, 0) is 12.1 Å². The van der Waals surface area contributed by atoms with Gasteiger partial charge in [-0.1, -0.05) is 67.6 Å². The Morgan fingerprint density at radius 2 is 1.45 bits per heavy atom. The first-order valence-electron chi connectivity index (χ1n) is 12.7. The Balaban J connectivity index is 1.34. The number of benzene rings is 3. The van der Waals surface area contributed by atoms with Gasteiger partial charge in [-0.25, -0.2) is 0 Å². The van der Waals surface area contributed by atoms with Crippen LogP contribution in [0.25, 0.3) is 0 Å². The summed E-state index contributed by atoms with van der Waals surface area (Å²) in [6, 6.07) is 30.9. The first-order chi connectivity index (χ1) is 16.2. The van der Waals surface area contributed by atoms with Gasteiger partial charge in [-0.2, -0.15) is 0 Å². The maximum Gasteiger partial charge on any atom is 0.0463 e. The number of hydrogen-bond acceptors (Lipinski definition) is 3. The fourth-order valence-electron chi connectivity index (χ4n) is 5.78. The minimum atomic E-state index is 0.166. The smallest absolute Gasteiger partial charge is 0.0463 e. The highest BCUT2D eigenvalue weighted by molar-refractivity contribution is 5.49. The van der Waals surface area contributed by atoms with Crippen LogP contribution in [-0.4, -0.2) is 31.1 Å². The molecule has 1 aliphatic carbocycles. The molecule has 1 saturated carbocycles. The molecule has 0 spiro atoms. The van der Waals surface area contributed by atoms with Crippen molar-refractivity contribution in [2.45, 2.75) is 44.7 Å². The summed E-state index contributed by atoms with van der Waals surface area (Å²) in [6.45, 7) is 7.76. The van der Waals surface area contributed by atoms with Crippen LogP contribution in [0.2, 0.25) is 0 Å². The third kappa shape index (κ3) is 4.94. The maximum absolute atomic E-state index is 3.67. The van der Waals surface area contributed by atoms with Gasteiger partial charge in [-0.05, 0) is 67.0 Å². The van der Waals surface area contributed by atoms with Crippen molar-refractivity contribution < 1.29 is 0 Å². The SMILES string of the molecule is CC1CCC(c2cccc(NCc3ccccc3)c2)(N2CCN(c3ccccc3)CC2)CC1. The lowest BCUT2D eigenvalue weighted by Crippen LogP contribution is -2.56. The van der Waals surface area contributed by atoms with Crippen molar-refractivity contribution in [2.24, 2.45) is 5.92 Å². The Morgan fingerprint density at radius 3 is 2.15 bits per heavy atom. The van der Waals surface area contributed by atoms with Crippen LogP contribution in [0.1, 0.15) is 43.7 Å². The largest absolute Gasteiger partial charge is 0.381 e. The molecule has 33 heavy (non-hydrogen) atoms. The molecular formula is C30H37N3. The van der Waals surface area contributed by atoms with Gasteiger partial charge in [0.2, 0.25) is 0 Å². The molecule has 1 heterocycles. The Morgan fingerprint density at radius 1 is 0.788 bits per heavy atom. The molecule has 5 rings (SSSR count). The molecule has 3 nitrogen and oxygen atoms in total. The second-order valence-corrected chi connectivity index (χ2v) is 9.94. The van der Waals surface area contributed by atoms with Crippen molar-refractivity contribution in [1.29, 1.82) is 0 Å². The molecule has 0 aromatic heterocycles. The summed E-state index contributed by atoms with van der Waals surface area (Å²) in [7, 11) is 0. The molecule has 1 N–H and O–H groups in total. The molecule has 3 aromatic carbocycles. The summed E-state index contributed by atoms with van der Waals surface area (Å²) in [6.07, 6.45) is 5.17. The monoisotopic (exact) mass is 439 g/mol. The van der Waals surface area contributed by atoms with Crippen LogP contribution in [0.5, 0.6) is 0 Å². The predicted molar refractivity (Wildman–Crippen MR) is 140 cm³/mol. The number of nitrogens with zero attached hydrogens (tertiary/aromatic N) is 2. The van der Waals surface area contributed by atoms with E-state index in [2.05, 4.69) is 107 Å². The maximum atomic E-state index is 3.67. The second kappa shape index (κ2) is 10.0. The van der Waals surface area contributed by atoms with Crippen LogP contribution in [0, 0.1) is 5.92 Å². The quantitative estimate of drug-likeness (QED) is 0.471. The van der Waals surface area contributed by atoms with E-state index in [1.807, 2.05) is 0 Å². The molecule has 0 bridgehead atoms. The number of piperazine rings is 1. The van der Waals surface area contributed by atoms with E-state index in [4.69, 9.17) is 0 Å². The molecule has 2 fully saturated rings. The van der Waals surface area contributed by atoms with E-state index in [9.17, 15) is 0 Å². The van der Waals surface area contributed by atoms with Crippen molar-refractivity contribution in [1.82, 2.24) is 4.90 Å². The number of anilines is 2. The summed E-state index contributed by atoms with van der Waals surface area (Å²) >= 11 is 0. The van der Waals surface area contributed by atoms with Gasteiger partial charge in [0, 0.05) is 49.6 Å². The topological polar surface area (TPSA) is 18.5 Å². The summed E-state index contributed by atoms with van der Waals surface area (Å²) in [5, 5.41) is 3.67. The van der Waals surface area contributed by atoms with Gasteiger partial charge < -0.3 is 10.2 Å². The van der Waals surface area contributed by atoms with Gasteiger partial charge >= 0.3 is 0 Å². The predicted octanol–water partition coefficient (Wildman–Crippen LogP) is 6.53. The van der Waals surface area contributed by atoms with Gasteiger partial charge in [0.25, 0.3) is 0 Å². The lowest BCUT2D eigenvalue weighted by Gasteiger charge is -2.51. The Bertz CT molecular complexity index is 1000. The van der Waals surface area contributed by atoms with Crippen LogP contribution in [0.3, 0.4) is 0 Å². The summed E-state index contributed by atoms with van der Waals surface area (Å²) < 4.78 is 0. The van der Waals surface area contributed by atoms with E-state index in [-0.39, 0.29) is 5.54 Å². The fourth-order valence-corrected chi connectivity index (χ4v) is 5.78. The van der Waals surface area contributed by atoms with Crippen molar-refractivity contribution in [3.05, 3.63) is 96.1 Å². The van der Waals surface area contributed by atoms with Gasteiger partial charge in [0.15, 0.2) is 0 Å². The fraction of sp³-hybridized carbons (Fsp3) is 0.400. The number of hydrogen-bond donors (Lipinski definition) is 1. The second-order valence-electron chi connectivity index (χ2n) is 9.94. The van der Waals surface area contributed by atoms with Crippen LogP contribution < -0.4 is 10.2 Å². The molecule has 0 radical (unpaired) electrons. The Hall–Kier alpha value is -2.78. The Kier molecular flexibility index (Phi) is 6.68. The van der Waals surface area contributed by atoms with E-state index in [1.54, 1.807) is 0 Å². The highest BCUT2D eigenvalue weighted by Crippen LogP contribution is 2.45. The van der Waals surface area contributed by atoms with Crippen LogP contribution >= 0.6 is 0 Å². The van der Waals surface area contributed by atoms with Gasteiger partial charge in [0.1, 0.15) is 0 Å². The third-order valence-electron chi connectivity index (χ3n) is 7.85. The van der Waals surface area contributed by atoms with E-state index in [0.717, 1.165) is 38.6 Å². The number of para-hydroxylation sites is 1. The summed E-state index contributed by atoms with van der Waals surface area (Å²) in [5.74, 6) is 0.836. The minimum absolute atomic E-state index is 0.166. The van der Waals surface area contributed by atoms with E-state index in [1.165, 1.54) is 48.2 Å². The zero-order valence-corrected chi connectivity index (χ0v) is 19.9. The average molecular weight is 440 g/mol. The van der Waals surface area contributed by atoms with E-state index >= 15 is 0 Å². The van der Waals surface area contributed by atoms with E-state index < -0.39 is 0 Å². The lowest BCUT2D eigenvalue weighted by molar-refractivity contribution is 0.0299. The molecule has 3 heteroatoms.